The molecular formula is C17H24N2OS. The van der Waals surface area contributed by atoms with Crippen LogP contribution in [0.4, 0.5) is 0 Å². The third-order valence-corrected chi connectivity index (χ3v) is 5.84. The lowest BCUT2D eigenvalue weighted by Gasteiger charge is -2.28. The van der Waals surface area contributed by atoms with Gasteiger partial charge >= 0.3 is 0 Å². The molecule has 0 bridgehead atoms. The van der Waals surface area contributed by atoms with Crippen LogP contribution in [-0.4, -0.2) is 30.0 Å². The van der Waals surface area contributed by atoms with Gasteiger partial charge in [0, 0.05) is 23.4 Å². The van der Waals surface area contributed by atoms with Gasteiger partial charge in [0.1, 0.15) is 0 Å². The molecule has 0 aromatic heterocycles. The highest BCUT2D eigenvalue weighted by molar-refractivity contribution is 7.99. The van der Waals surface area contributed by atoms with Gasteiger partial charge in [-0.15, -0.1) is 0 Å². The average molecular weight is 304 g/mol. The number of rotatable bonds is 3. The fraction of sp³-hybridized carbons (Fsp3) is 0.588. The molecule has 1 aromatic carbocycles. The van der Waals surface area contributed by atoms with Gasteiger partial charge < -0.3 is 10.6 Å². The van der Waals surface area contributed by atoms with Crippen LogP contribution in [-0.2, 0) is 13.0 Å². The highest BCUT2D eigenvalue weighted by Crippen LogP contribution is 2.27. The van der Waals surface area contributed by atoms with Gasteiger partial charge in [0.25, 0.3) is 5.91 Å². The largest absolute Gasteiger partial charge is 0.349 e. The second-order valence-corrected chi connectivity index (χ2v) is 7.23. The van der Waals surface area contributed by atoms with Crippen molar-refractivity contribution < 1.29 is 4.79 Å². The van der Waals surface area contributed by atoms with E-state index < -0.39 is 0 Å². The first-order chi connectivity index (χ1) is 10.3. The summed E-state index contributed by atoms with van der Waals surface area (Å²) in [7, 11) is 0. The van der Waals surface area contributed by atoms with Crippen molar-refractivity contribution in [3.8, 4) is 0 Å². The van der Waals surface area contributed by atoms with E-state index in [1.165, 1.54) is 24.0 Å². The summed E-state index contributed by atoms with van der Waals surface area (Å²) in [6.45, 7) is 1.92. The minimum atomic E-state index is 0.0935. The van der Waals surface area contributed by atoms with Gasteiger partial charge in [0.15, 0.2) is 0 Å². The van der Waals surface area contributed by atoms with Crippen LogP contribution in [0.1, 0.15) is 47.2 Å². The van der Waals surface area contributed by atoms with Crippen LogP contribution in [0.2, 0.25) is 0 Å². The lowest BCUT2D eigenvalue weighted by molar-refractivity contribution is 0.0928. The zero-order chi connectivity index (χ0) is 14.7. The molecule has 2 N–H and O–H groups in total. The Morgan fingerprint density at radius 2 is 2.05 bits per heavy atom. The van der Waals surface area contributed by atoms with Crippen LogP contribution in [0.15, 0.2) is 18.2 Å². The van der Waals surface area contributed by atoms with E-state index in [2.05, 4.69) is 29.0 Å². The predicted octanol–water partition coefficient (Wildman–Crippen LogP) is 2.74. The molecule has 0 unspecified atom stereocenters. The number of carbonyl (C=O) groups excluding carboxylic acids is 1. The predicted molar refractivity (Wildman–Crippen MR) is 88.9 cm³/mol. The molecule has 1 heterocycles. The fourth-order valence-electron chi connectivity index (χ4n) is 3.33. The molecule has 1 saturated carbocycles. The van der Waals surface area contributed by atoms with Gasteiger partial charge in [-0.2, -0.15) is 11.8 Å². The van der Waals surface area contributed by atoms with E-state index in [-0.39, 0.29) is 5.91 Å². The topological polar surface area (TPSA) is 41.1 Å². The highest BCUT2D eigenvalue weighted by Gasteiger charge is 2.22. The maximum Gasteiger partial charge on any atom is 0.251 e. The standard InChI is InChI=1S/C17H24N2OS/c1-21-16-6-4-15(5-7-16)19-17(20)13-3-2-12-8-9-18-11-14(12)10-13/h2-3,10,15-16,18H,4-9,11H2,1H3,(H,19,20). The molecule has 1 aliphatic carbocycles. The Bertz CT molecular complexity index is 510. The lowest BCUT2D eigenvalue weighted by Crippen LogP contribution is -2.38. The molecule has 3 nitrogen and oxygen atoms in total. The van der Waals surface area contributed by atoms with E-state index in [0.717, 1.165) is 43.2 Å². The molecule has 1 aromatic rings. The summed E-state index contributed by atoms with van der Waals surface area (Å²) in [5.41, 5.74) is 3.47. The summed E-state index contributed by atoms with van der Waals surface area (Å²) in [4.78, 5) is 12.4. The Balaban J connectivity index is 1.60. The van der Waals surface area contributed by atoms with Crippen molar-refractivity contribution in [1.82, 2.24) is 10.6 Å². The number of carbonyl (C=O) groups is 1. The molecule has 1 aliphatic heterocycles. The SMILES string of the molecule is CSC1CCC(NC(=O)c2ccc3c(c2)CNCC3)CC1. The molecule has 1 amide bonds. The first-order valence-electron chi connectivity index (χ1n) is 7.92. The third-order valence-electron chi connectivity index (χ3n) is 4.70. The van der Waals surface area contributed by atoms with Crippen LogP contribution in [0.3, 0.4) is 0 Å². The summed E-state index contributed by atoms with van der Waals surface area (Å²) in [6, 6.07) is 6.52. The van der Waals surface area contributed by atoms with Crippen LogP contribution >= 0.6 is 11.8 Å². The minimum absolute atomic E-state index is 0.0935. The molecule has 0 atom stereocenters. The second-order valence-electron chi connectivity index (χ2n) is 6.09. The van der Waals surface area contributed by atoms with Crippen molar-refractivity contribution in [3.63, 3.8) is 0 Å². The van der Waals surface area contributed by atoms with E-state index in [1.807, 2.05) is 17.8 Å². The normalized spacial score (nSPS) is 25.2. The first-order valence-corrected chi connectivity index (χ1v) is 9.21. The summed E-state index contributed by atoms with van der Waals surface area (Å²) >= 11 is 1.96. The summed E-state index contributed by atoms with van der Waals surface area (Å²) < 4.78 is 0. The van der Waals surface area contributed by atoms with E-state index in [4.69, 9.17) is 0 Å². The minimum Gasteiger partial charge on any atom is -0.349 e. The monoisotopic (exact) mass is 304 g/mol. The molecule has 0 radical (unpaired) electrons. The van der Waals surface area contributed by atoms with E-state index in [1.54, 1.807) is 0 Å². The molecule has 4 heteroatoms. The summed E-state index contributed by atoms with van der Waals surface area (Å²) in [6.07, 6.45) is 7.93. The molecule has 2 aliphatic rings. The zero-order valence-corrected chi connectivity index (χ0v) is 13.5. The lowest BCUT2D eigenvalue weighted by atomic mass is 9.94. The number of thioether (sulfide) groups is 1. The van der Waals surface area contributed by atoms with Gasteiger partial charge in [-0.1, -0.05) is 6.07 Å². The Kier molecular flexibility index (Phi) is 4.86. The number of nitrogens with one attached hydrogen (secondary N) is 2. The fourth-order valence-corrected chi connectivity index (χ4v) is 4.08. The maximum absolute atomic E-state index is 12.4. The quantitative estimate of drug-likeness (QED) is 0.902. The van der Waals surface area contributed by atoms with Crippen LogP contribution in [0, 0.1) is 0 Å². The number of amides is 1. The van der Waals surface area contributed by atoms with Gasteiger partial charge in [0.05, 0.1) is 0 Å². The van der Waals surface area contributed by atoms with Gasteiger partial charge in [0.2, 0.25) is 0 Å². The summed E-state index contributed by atoms with van der Waals surface area (Å²) in [5.74, 6) is 0.0935. The Labute approximate surface area is 131 Å². The molecule has 0 spiro atoms. The van der Waals surface area contributed by atoms with Crippen molar-refractivity contribution >= 4 is 17.7 Å². The zero-order valence-electron chi connectivity index (χ0n) is 12.7. The number of benzene rings is 1. The smallest absolute Gasteiger partial charge is 0.251 e. The van der Waals surface area contributed by atoms with Crippen molar-refractivity contribution in [2.45, 2.75) is 49.9 Å². The van der Waals surface area contributed by atoms with Crippen molar-refractivity contribution in [2.24, 2.45) is 0 Å². The number of fused-ring (bicyclic) bond motifs is 1. The summed E-state index contributed by atoms with van der Waals surface area (Å²) in [5, 5.41) is 7.37. The maximum atomic E-state index is 12.4. The molecule has 0 saturated heterocycles. The van der Waals surface area contributed by atoms with Gasteiger partial charge in [-0.05, 0) is 68.2 Å². The molecule has 114 valence electrons. The van der Waals surface area contributed by atoms with Crippen LogP contribution in [0.5, 0.6) is 0 Å². The van der Waals surface area contributed by atoms with Crippen molar-refractivity contribution in [1.29, 1.82) is 0 Å². The van der Waals surface area contributed by atoms with Gasteiger partial charge in [-0.3, -0.25) is 4.79 Å². The number of hydrogen-bond donors (Lipinski definition) is 2. The first kappa shape index (κ1) is 14.9. The molecule has 21 heavy (non-hydrogen) atoms. The Morgan fingerprint density at radius 1 is 1.24 bits per heavy atom. The highest BCUT2D eigenvalue weighted by atomic mass is 32.2. The van der Waals surface area contributed by atoms with Crippen molar-refractivity contribution in [3.05, 3.63) is 34.9 Å². The number of hydrogen-bond acceptors (Lipinski definition) is 3. The Morgan fingerprint density at radius 3 is 2.81 bits per heavy atom. The average Bonchev–Trinajstić information content (AvgIpc) is 2.55. The molecule has 1 fully saturated rings. The third kappa shape index (κ3) is 3.61. The van der Waals surface area contributed by atoms with Crippen molar-refractivity contribution in [2.75, 3.05) is 12.8 Å². The van der Waals surface area contributed by atoms with Crippen LogP contribution < -0.4 is 10.6 Å². The Hall–Kier alpha value is -1.00. The van der Waals surface area contributed by atoms with E-state index >= 15 is 0 Å². The van der Waals surface area contributed by atoms with E-state index in [9.17, 15) is 4.79 Å². The van der Waals surface area contributed by atoms with E-state index in [0.29, 0.717) is 6.04 Å². The van der Waals surface area contributed by atoms with Gasteiger partial charge in [-0.25, -0.2) is 0 Å². The molecule has 3 rings (SSSR count). The van der Waals surface area contributed by atoms with Crippen LogP contribution in [0.25, 0.3) is 0 Å². The molecular weight excluding hydrogens is 280 g/mol. The second kappa shape index (κ2) is 6.84.